The summed E-state index contributed by atoms with van der Waals surface area (Å²) in [5, 5.41) is 8.52. The van der Waals surface area contributed by atoms with Crippen LogP contribution in [0.3, 0.4) is 0 Å². The first kappa shape index (κ1) is 14.0. The molecule has 2 unspecified atom stereocenters. The van der Waals surface area contributed by atoms with Gasteiger partial charge in [0.25, 0.3) is 0 Å². The average molecular weight is 243 g/mol. The molecule has 0 aromatic heterocycles. The summed E-state index contributed by atoms with van der Waals surface area (Å²) < 4.78 is 5.62. The number of carbonyl (C=O) groups excluding carboxylic acids is 1. The minimum absolute atomic E-state index is 0.000791. The highest BCUT2D eigenvalue weighted by Gasteiger charge is 2.22. The van der Waals surface area contributed by atoms with Crippen molar-refractivity contribution in [1.29, 1.82) is 0 Å². The normalized spacial score (nSPS) is 23.6. The van der Waals surface area contributed by atoms with Crippen LogP contribution in [0.25, 0.3) is 0 Å². The van der Waals surface area contributed by atoms with Gasteiger partial charge in [-0.15, -0.1) is 0 Å². The van der Waals surface area contributed by atoms with Gasteiger partial charge in [0.1, 0.15) is 0 Å². The Bertz CT molecular complexity index is 280. The maximum atomic E-state index is 11.7. The third-order valence-electron chi connectivity index (χ3n) is 3.09. The maximum absolute atomic E-state index is 11.7. The molecule has 5 nitrogen and oxygen atoms in total. The van der Waals surface area contributed by atoms with E-state index in [0.29, 0.717) is 12.5 Å². The van der Waals surface area contributed by atoms with Crippen LogP contribution in [0.15, 0.2) is 0 Å². The van der Waals surface area contributed by atoms with Crippen molar-refractivity contribution >= 4 is 11.9 Å². The number of amides is 1. The van der Waals surface area contributed by atoms with Crippen LogP contribution >= 0.6 is 0 Å². The minimum atomic E-state index is -0.877. The van der Waals surface area contributed by atoms with Gasteiger partial charge in [-0.2, -0.15) is 0 Å². The molecule has 5 heteroatoms. The van der Waals surface area contributed by atoms with Gasteiger partial charge in [-0.05, 0) is 26.2 Å². The van der Waals surface area contributed by atoms with E-state index in [1.165, 1.54) is 4.90 Å². The zero-order chi connectivity index (χ0) is 12.8. The van der Waals surface area contributed by atoms with Gasteiger partial charge in [-0.25, -0.2) is 0 Å². The summed E-state index contributed by atoms with van der Waals surface area (Å²) in [6.45, 7) is 2.32. The number of hydrogen-bond acceptors (Lipinski definition) is 3. The van der Waals surface area contributed by atoms with Crippen LogP contribution in [-0.2, 0) is 14.3 Å². The summed E-state index contributed by atoms with van der Waals surface area (Å²) in [6.07, 6.45) is 3.76. The summed E-state index contributed by atoms with van der Waals surface area (Å²) in [7, 11) is 1.64. The van der Waals surface area contributed by atoms with E-state index in [2.05, 4.69) is 0 Å². The third-order valence-corrected chi connectivity index (χ3v) is 3.09. The van der Waals surface area contributed by atoms with Gasteiger partial charge in [0, 0.05) is 20.0 Å². The van der Waals surface area contributed by atoms with Crippen molar-refractivity contribution in [2.45, 2.75) is 51.2 Å². The number of carbonyl (C=O) groups is 2. The second kappa shape index (κ2) is 6.59. The van der Waals surface area contributed by atoms with E-state index < -0.39 is 5.97 Å². The Labute approximate surface area is 102 Å². The van der Waals surface area contributed by atoms with E-state index >= 15 is 0 Å². The number of rotatable bonds is 6. The molecule has 1 heterocycles. The van der Waals surface area contributed by atoms with E-state index in [4.69, 9.17) is 9.84 Å². The van der Waals surface area contributed by atoms with Gasteiger partial charge in [0.15, 0.2) is 0 Å². The summed E-state index contributed by atoms with van der Waals surface area (Å²) in [5.74, 6) is -0.882. The molecule has 2 atom stereocenters. The molecule has 0 aromatic carbocycles. The van der Waals surface area contributed by atoms with Crippen molar-refractivity contribution < 1.29 is 19.4 Å². The van der Waals surface area contributed by atoms with Gasteiger partial charge in [0.2, 0.25) is 5.91 Å². The molecular formula is C12H21NO4. The Balaban J connectivity index is 2.17. The van der Waals surface area contributed by atoms with Gasteiger partial charge in [-0.1, -0.05) is 0 Å². The first-order chi connectivity index (χ1) is 7.99. The second-order valence-electron chi connectivity index (χ2n) is 4.64. The van der Waals surface area contributed by atoms with Crippen LogP contribution in [0.1, 0.15) is 39.0 Å². The molecule has 1 rings (SSSR count). The van der Waals surface area contributed by atoms with Crippen molar-refractivity contribution in [3.05, 3.63) is 0 Å². The largest absolute Gasteiger partial charge is 0.481 e. The molecule has 1 aliphatic rings. The molecule has 0 aliphatic carbocycles. The summed E-state index contributed by atoms with van der Waals surface area (Å²) in [5.41, 5.74) is 0. The van der Waals surface area contributed by atoms with Crippen LogP contribution in [0.2, 0.25) is 0 Å². The first-order valence-corrected chi connectivity index (χ1v) is 6.10. The molecule has 0 saturated carbocycles. The number of aliphatic carboxylic acids is 1. The Morgan fingerprint density at radius 1 is 1.35 bits per heavy atom. The lowest BCUT2D eigenvalue weighted by molar-refractivity contribution is -0.138. The average Bonchev–Trinajstić information content (AvgIpc) is 2.68. The lowest BCUT2D eigenvalue weighted by Crippen LogP contribution is -2.29. The monoisotopic (exact) mass is 243 g/mol. The Hall–Kier alpha value is -1.10. The fraction of sp³-hybridized carbons (Fsp3) is 0.833. The highest BCUT2D eigenvalue weighted by molar-refractivity contribution is 5.76. The summed E-state index contributed by atoms with van der Waals surface area (Å²) >= 11 is 0. The fourth-order valence-corrected chi connectivity index (χ4v) is 1.96. The van der Waals surface area contributed by atoms with Crippen molar-refractivity contribution in [3.63, 3.8) is 0 Å². The van der Waals surface area contributed by atoms with Crippen LogP contribution in [0.5, 0.6) is 0 Å². The van der Waals surface area contributed by atoms with Crippen molar-refractivity contribution in [1.82, 2.24) is 4.90 Å². The second-order valence-corrected chi connectivity index (χ2v) is 4.64. The van der Waals surface area contributed by atoms with E-state index in [1.807, 2.05) is 6.92 Å². The van der Waals surface area contributed by atoms with E-state index in [-0.39, 0.29) is 25.0 Å². The molecule has 17 heavy (non-hydrogen) atoms. The van der Waals surface area contributed by atoms with Gasteiger partial charge in [0.05, 0.1) is 18.6 Å². The first-order valence-electron chi connectivity index (χ1n) is 6.10. The molecule has 1 saturated heterocycles. The lowest BCUT2D eigenvalue weighted by Gasteiger charge is -2.17. The smallest absolute Gasteiger partial charge is 0.305 e. The van der Waals surface area contributed by atoms with Crippen LogP contribution in [0.4, 0.5) is 0 Å². The molecule has 98 valence electrons. The van der Waals surface area contributed by atoms with Crippen molar-refractivity contribution in [3.8, 4) is 0 Å². The van der Waals surface area contributed by atoms with Gasteiger partial charge >= 0.3 is 5.97 Å². The zero-order valence-corrected chi connectivity index (χ0v) is 10.5. The molecule has 0 spiro atoms. The molecule has 1 aliphatic heterocycles. The molecular weight excluding hydrogens is 222 g/mol. The number of nitrogens with zero attached hydrogens (tertiary/aromatic N) is 1. The Morgan fingerprint density at radius 2 is 2.06 bits per heavy atom. The highest BCUT2D eigenvalue weighted by Crippen LogP contribution is 2.22. The van der Waals surface area contributed by atoms with E-state index in [0.717, 1.165) is 19.3 Å². The number of carboxylic acid groups (broad SMARTS) is 1. The number of ether oxygens (including phenoxy) is 1. The molecule has 1 N–H and O–H groups in total. The quantitative estimate of drug-likeness (QED) is 0.762. The third kappa shape index (κ3) is 5.17. The van der Waals surface area contributed by atoms with Crippen LogP contribution < -0.4 is 0 Å². The standard InChI is InChI=1S/C12H21NO4/c1-9-3-4-10(17-9)5-6-11(14)13(2)8-7-12(15)16/h9-10H,3-8H2,1-2H3,(H,15,16). The highest BCUT2D eigenvalue weighted by atomic mass is 16.5. The molecule has 0 aromatic rings. The molecule has 0 bridgehead atoms. The predicted octanol–water partition coefficient (Wildman–Crippen LogP) is 1.27. The SMILES string of the molecule is CC1CCC(CCC(=O)N(C)CCC(=O)O)O1. The molecule has 1 amide bonds. The van der Waals surface area contributed by atoms with E-state index in [9.17, 15) is 9.59 Å². The molecule has 1 fully saturated rings. The summed E-state index contributed by atoms with van der Waals surface area (Å²) in [4.78, 5) is 23.5. The predicted molar refractivity (Wildman–Crippen MR) is 62.7 cm³/mol. The van der Waals surface area contributed by atoms with Gasteiger partial charge in [-0.3, -0.25) is 9.59 Å². The number of hydrogen-bond donors (Lipinski definition) is 1. The van der Waals surface area contributed by atoms with Crippen LogP contribution in [-0.4, -0.2) is 47.7 Å². The lowest BCUT2D eigenvalue weighted by atomic mass is 10.1. The van der Waals surface area contributed by atoms with Crippen LogP contribution in [0, 0.1) is 0 Å². The Morgan fingerprint density at radius 3 is 2.59 bits per heavy atom. The maximum Gasteiger partial charge on any atom is 0.305 e. The number of carboxylic acids is 1. The minimum Gasteiger partial charge on any atom is -0.481 e. The van der Waals surface area contributed by atoms with E-state index in [1.54, 1.807) is 7.05 Å². The van der Waals surface area contributed by atoms with Crippen molar-refractivity contribution in [2.75, 3.05) is 13.6 Å². The zero-order valence-electron chi connectivity index (χ0n) is 10.5. The van der Waals surface area contributed by atoms with Crippen molar-refractivity contribution in [2.24, 2.45) is 0 Å². The molecule has 0 radical (unpaired) electrons. The topological polar surface area (TPSA) is 66.8 Å². The Kier molecular flexibility index (Phi) is 5.41. The fourth-order valence-electron chi connectivity index (χ4n) is 1.96. The van der Waals surface area contributed by atoms with Gasteiger partial charge < -0.3 is 14.7 Å². The summed E-state index contributed by atoms with van der Waals surface area (Å²) in [6, 6.07) is 0.